The van der Waals surface area contributed by atoms with Crippen LogP contribution in [0.4, 0.5) is 0 Å². The lowest BCUT2D eigenvalue weighted by molar-refractivity contribution is 0.142. The fourth-order valence-corrected chi connectivity index (χ4v) is 5.62. The number of hydrogen-bond donors (Lipinski definition) is 0. The van der Waals surface area contributed by atoms with Crippen LogP contribution in [0.5, 0.6) is 0 Å². The van der Waals surface area contributed by atoms with Crippen LogP contribution in [0.2, 0.25) is 0 Å². The van der Waals surface area contributed by atoms with Gasteiger partial charge < -0.3 is 0 Å². The zero-order chi connectivity index (χ0) is 16.8. The molecule has 3 aliphatic rings. The summed E-state index contributed by atoms with van der Waals surface area (Å²) < 4.78 is 0. The fraction of sp³-hybridized carbons (Fsp3) is 0.500. The van der Waals surface area contributed by atoms with E-state index in [1.165, 1.54) is 68.2 Å². The SMILES string of the molecule is Cc1ccc(-c2ccc3c(c2)[C@H]2C[C@@H]3CCCN2C2CCCC2)cc1. The first-order chi connectivity index (χ1) is 12.3. The molecule has 1 nitrogen and oxygen atoms in total. The van der Waals surface area contributed by atoms with E-state index in [1.54, 1.807) is 11.1 Å². The highest BCUT2D eigenvalue weighted by Crippen LogP contribution is 2.50. The van der Waals surface area contributed by atoms with E-state index in [0.717, 1.165) is 12.0 Å². The summed E-state index contributed by atoms with van der Waals surface area (Å²) in [5, 5.41) is 0. The summed E-state index contributed by atoms with van der Waals surface area (Å²) in [6.07, 6.45) is 9.86. The van der Waals surface area contributed by atoms with Gasteiger partial charge in [-0.15, -0.1) is 0 Å². The van der Waals surface area contributed by atoms with Crippen molar-refractivity contribution < 1.29 is 0 Å². The number of fused-ring (bicyclic) bond motifs is 5. The summed E-state index contributed by atoms with van der Waals surface area (Å²) in [6.45, 7) is 3.48. The van der Waals surface area contributed by atoms with E-state index in [9.17, 15) is 0 Å². The quantitative estimate of drug-likeness (QED) is 0.630. The number of aryl methyl sites for hydroxylation is 1. The molecule has 2 aromatic carbocycles. The molecule has 0 N–H and O–H groups in total. The molecule has 1 saturated heterocycles. The average Bonchev–Trinajstić information content (AvgIpc) is 3.21. The Morgan fingerprint density at radius 2 is 1.56 bits per heavy atom. The van der Waals surface area contributed by atoms with Gasteiger partial charge in [-0.05, 0) is 79.8 Å². The highest BCUT2D eigenvalue weighted by Gasteiger charge is 2.39. The Balaban J connectivity index is 1.53. The van der Waals surface area contributed by atoms with Crippen molar-refractivity contribution in [3.63, 3.8) is 0 Å². The molecule has 2 aliphatic carbocycles. The van der Waals surface area contributed by atoms with Crippen LogP contribution in [0.15, 0.2) is 42.5 Å². The minimum atomic E-state index is 0.677. The van der Waals surface area contributed by atoms with Crippen LogP contribution < -0.4 is 0 Å². The highest BCUT2D eigenvalue weighted by atomic mass is 15.2. The molecule has 1 heteroatoms. The molecule has 25 heavy (non-hydrogen) atoms. The minimum absolute atomic E-state index is 0.677. The molecular weight excluding hydrogens is 302 g/mol. The van der Waals surface area contributed by atoms with Gasteiger partial charge in [-0.1, -0.05) is 54.8 Å². The minimum Gasteiger partial charge on any atom is -0.293 e. The van der Waals surface area contributed by atoms with E-state index in [4.69, 9.17) is 0 Å². The van der Waals surface area contributed by atoms with E-state index >= 15 is 0 Å². The third-order valence-electron chi connectivity index (χ3n) is 6.94. The summed E-state index contributed by atoms with van der Waals surface area (Å²) in [5.41, 5.74) is 7.40. The average molecular weight is 332 g/mol. The van der Waals surface area contributed by atoms with Crippen molar-refractivity contribution in [1.82, 2.24) is 4.90 Å². The van der Waals surface area contributed by atoms with Crippen molar-refractivity contribution >= 4 is 0 Å². The molecule has 1 saturated carbocycles. The summed E-state index contributed by atoms with van der Waals surface area (Å²) in [5.74, 6) is 0.804. The Bertz CT molecular complexity index is 754. The standard InChI is InChI=1S/C24H29N/c1-17-8-10-18(11-9-17)19-12-13-22-20-5-4-14-25(21-6-2-3-7-21)24(16-20)23(22)15-19/h8-13,15,20-21,24H,2-7,14,16H2,1H3/t20-,24+/m0/s1. The lowest BCUT2D eigenvalue weighted by Crippen LogP contribution is -2.36. The van der Waals surface area contributed by atoms with Gasteiger partial charge in [0.1, 0.15) is 0 Å². The van der Waals surface area contributed by atoms with E-state index in [1.807, 2.05) is 0 Å². The topological polar surface area (TPSA) is 3.24 Å². The van der Waals surface area contributed by atoms with Crippen molar-refractivity contribution in [2.45, 2.75) is 69.9 Å². The van der Waals surface area contributed by atoms with Gasteiger partial charge >= 0.3 is 0 Å². The number of likely N-dealkylation sites (tertiary alicyclic amines) is 1. The first-order valence-corrected chi connectivity index (χ1v) is 10.3. The molecule has 1 heterocycles. The maximum Gasteiger partial charge on any atom is 0.0359 e. The summed E-state index contributed by atoms with van der Waals surface area (Å²) in [7, 11) is 0. The second-order valence-corrected chi connectivity index (χ2v) is 8.48. The van der Waals surface area contributed by atoms with Crippen LogP contribution in [0.25, 0.3) is 11.1 Å². The fourth-order valence-electron chi connectivity index (χ4n) is 5.62. The Morgan fingerprint density at radius 1 is 0.800 bits per heavy atom. The second kappa shape index (κ2) is 6.29. The van der Waals surface area contributed by atoms with E-state index in [-0.39, 0.29) is 0 Å². The van der Waals surface area contributed by atoms with Crippen LogP contribution >= 0.6 is 0 Å². The van der Waals surface area contributed by atoms with Crippen molar-refractivity contribution in [3.8, 4) is 11.1 Å². The van der Waals surface area contributed by atoms with Crippen molar-refractivity contribution in [2.75, 3.05) is 6.54 Å². The molecule has 2 fully saturated rings. The van der Waals surface area contributed by atoms with Crippen molar-refractivity contribution in [3.05, 3.63) is 59.2 Å². The maximum atomic E-state index is 2.90. The first kappa shape index (κ1) is 15.6. The molecule has 0 spiro atoms. The molecule has 0 aromatic heterocycles. The lowest BCUT2D eigenvalue weighted by Gasteiger charge is -2.34. The highest BCUT2D eigenvalue weighted by molar-refractivity contribution is 5.66. The van der Waals surface area contributed by atoms with E-state index < -0.39 is 0 Å². The van der Waals surface area contributed by atoms with Gasteiger partial charge in [0, 0.05) is 12.1 Å². The molecule has 1 aliphatic heterocycles. The van der Waals surface area contributed by atoms with Gasteiger partial charge in [-0.2, -0.15) is 0 Å². The van der Waals surface area contributed by atoms with Gasteiger partial charge in [-0.3, -0.25) is 4.90 Å². The number of benzene rings is 2. The number of hydrogen-bond acceptors (Lipinski definition) is 1. The predicted molar refractivity (Wildman–Crippen MR) is 105 cm³/mol. The molecule has 130 valence electrons. The third kappa shape index (κ3) is 2.73. The van der Waals surface area contributed by atoms with Crippen molar-refractivity contribution in [2.24, 2.45) is 0 Å². The van der Waals surface area contributed by atoms with E-state index in [2.05, 4.69) is 54.3 Å². The number of nitrogens with zero attached hydrogens (tertiary/aromatic N) is 1. The van der Waals surface area contributed by atoms with Crippen LogP contribution in [0.3, 0.4) is 0 Å². The molecule has 5 rings (SSSR count). The van der Waals surface area contributed by atoms with Gasteiger partial charge in [0.2, 0.25) is 0 Å². The Morgan fingerprint density at radius 3 is 2.36 bits per heavy atom. The molecule has 2 atom stereocenters. The zero-order valence-electron chi connectivity index (χ0n) is 15.4. The van der Waals surface area contributed by atoms with Crippen LogP contribution in [0, 0.1) is 6.92 Å². The predicted octanol–water partition coefficient (Wildman–Crippen LogP) is 6.23. The van der Waals surface area contributed by atoms with Gasteiger partial charge in [-0.25, -0.2) is 0 Å². The monoisotopic (exact) mass is 331 g/mol. The third-order valence-corrected chi connectivity index (χ3v) is 6.94. The van der Waals surface area contributed by atoms with Crippen LogP contribution in [0.1, 0.15) is 73.6 Å². The zero-order valence-corrected chi connectivity index (χ0v) is 15.4. The summed E-state index contributed by atoms with van der Waals surface area (Å²) in [6, 6.07) is 17.9. The molecular formula is C24H29N. The maximum absolute atomic E-state index is 2.90. The van der Waals surface area contributed by atoms with Crippen LogP contribution in [-0.4, -0.2) is 17.5 Å². The van der Waals surface area contributed by atoms with Gasteiger partial charge in [0.15, 0.2) is 0 Å². The van der Waals surface area contributed by atoms with Gasteiger partial charge in [0.05, 0.1) is 0 Å². The Labute approximate surface area is 152 Å². The Kier molecular flexibility index (Phi) is 3.93. The lowest BCUT2D eigenvalue weighted by atomic mass is 9.93. The normalized spacial score (nSPS) is 26.6. The van der Waals surface area contributed by atoms with E-state index in [0.29, 0.717) is 6.04 Å². The summed E-state index contributed by atoms with van der Waals surface area (Å²) in [4.78, 5) is 2.90. The Hall–Kier alpha value is -1.60. The number of rotatable bonds is 2. The van der Waals surface area contributed by atoms with Crippen molar-refractivity contribution in [1.29, 1.82) is 0 Å². The molecule has 0 unspecified atom stereocenters. The first-order valence-electron chi connectivity index (χ1n) is 10.3. The molecule has 2 aromatic rings. The smallest absolute Gasteiger partial charge is 0.0359 e. The second-order valence-electron chi connectivity index (χ2n) is 8.48. The molecule has 0 radical (unpaired) electrons. The summed E-state index contributed by atoms with van der Waals surface area (Å²) >= 11 is 0. The van der Waals surface area contributed by atoms with Gasteiger partial charge in [0.25, 0.3) is 0 Å². The molecule has 0 amide bonds. The van der Waals surface area contributed by atoms with Crippen LogP contribution in [-0.2, 0) is 0 Å². The molecule has 2 bridgehead atoms. The largest absolute Gasteiger partial charge is 0.293 e.